The Bertz CT molecular complexity index is 998. The summed E-state index contributed by atoms with van der Waals surface area (Å²) in [6.45, 7) is 3.31. The average Bonchev–Trinajstić information content (AvgIpc) is 3.29. The van der Waals surface area contributed by atoms with E-state index in [9.17, 15) is 4.79 Å². The lowest BCUT2D eigenvalue weighted by Crippen LogP contribution is -2.52. The van der Waals surface area contributed by atoms with E-state index in [0.717, 1.165) is 18.4 Å². The van der Waals surface area contributed by atoms with Crippen LogP contribution in [0.25, 0.3) is 5.52 Å². The zero-order chi connectivity index (χ0) is 17.7. The second-order valence-electron chi connectivity index (χ2n) is 7.25. The van der Waals surface area contributed by atoms with Gasteiger partial charge >= 0.3 is 0 Å². The molecule has 2 aliphatic rings. The summed E-state index contributed by atoms with van der Waals surface area (Å²) in [5, 5.41) is 7.92. The summed E-state index contributed by atoms with van der Waals surface area (Å²) in [6, 6.07) is 12.2. The first kappa shape index (κ1) is 15.5. The number of carbonyl (C=O) groups excluding carboxylic acids is 1. The van der Waals surface area contributed by atoms with E-state index in [1.54, 1.807) is 16.9 Å². The molecular weight excluding hydrogens is 328 g/mol. The van der Waals surface area contributed by atoms with Gasteiger partial charge in [0.05, 0.1) is 30.4 Å². The Hall–Kier alpha value is -2.73. The van der Waals surface area contributed by atoms with Crippen molar-refractivity contribution < 1.29 is 9.53 Å². The average molecular weight is 348 g/mol. The molecule has 6 heteroatoms. The first-order chi connectivity index (χ1) is 12.7. The molecule has 1 saturated heterocycles. The summed E-state index contributed by atoms with van der Waals surface area (Å²) < 4.78 is 7.90. The van der Waals surface area contributed by atoms with Crippen molar-refractivity contribution in [2.24, 2.45) is 0 Å². The maximum atomic E-state index is 13.4. The molecule has 0 bridgehead atoms. The number of aromatic nitrogens is 3. The van der Waals surface area contributed by atoms with Gasteiger partial charge < -0.3 is 9.64 Å². The van der Waals surface area contributed by atoms with Crippen molar-refractivity contribution in [2.75, 3.05) is 6.54 Å². The number of rotatable bonds is 1. The van der Waals surface area contributed by atoms with Gasteiger partial charge in [-0.2, -0.15) is 0 Å². The third-order valence-electron chi connectivity index (χ3n) is 5.77. The highest BCUT2D eigenvalue weighted by molar-refractivity contribution is 6.00. The maximum Gasteiger partial charge on any atom is 0.256 e. The molecule has 1 amide bonds. The molecule has 0 radical (unpaired) electrons. The molecule has 5 rings (SSSR count). The van der Waals surface area contributed by atoms with Gasteiger partial charge in [-0.15, -0.1) is 5.10 Å². The second kappa shape index (κ2) is 5.64. The molecule has 0 aliphatic carbocycles. The van der Waals surface area contributed by atoms with Crippen molar-refractivity contribution in [3.63, 3.8) is 0 Å². The van der Waals surface area contributed by atoms with E-state index in [4.69, 9.17) is 4.74 Å². The monoisotopic (exact) mass is 348 g/mol. The smallest absolute Gasteiger partial charge is 0.256 e. The lowest BCUT2D eigenvalue weighted by atomic mass is 9.82. The molecule has 2 aliphatic heterocycles. The fraction of sp³-hybridized carbons (Fsp3) is 0.350. The third-order valence-corrected chi connectivity index (χ3v) is 5.77. The first-order valence-corrected chi connectivity index (χ1v) is 9.00. The number of amides is 1. The fourth-order valence-electron chi connectivity index (χ4n) is 4.29. The van der Waals surface area contributed by atoms with Crippen molar-refractivity contribution in [1.82, 2.24) is 19.7 Å². The van der Waals surface area contributed by atoms with E-state index in [0.29, 0.717) is 18.7 Å². The molecule has 0 saturated carbocycles. The van der Waals surface area contributed by atoms with Gasteiger partial charge in [-0.1, -0.05) is 29.5 Å². The molecule has 26 heavy (non-hydrogen) atoms. The zero-order valence-corrected chi connectivity index (χ0v) is 14.6. The zero-order valence-electron chi connectivity index (χ0n) is 14.6. The molecule has 1 fully saturated rings. The molecule has 132 valence electrons. The van der Waals surface area contributed by atoms with E-state index in [-0.39, 0.29) is 17.6 Å². The number of nitrogens with zero attached hydrogens (tertiary/aromatic N) is 4. The van der Waals surface area contributed by atoms with Gasteiger partial charge in [-0.25, -0.2) is 4.52 Å². The number of benzene rings is 1. The van der Waals surface area contributed by atoms with Crippen LogP contribution in [0.4, 0.5) is 0 Å². The van der Waals surface area contributed by atoms with Crippen LogP contribution in [0.1, 0.15) is 41.3 Å². The number of piperidine rings is 1. The Kier molecular flexibility index (Phi) is 3.37. The number of carbonyl (C=O) groups is 1. The molecule has 4 heterocycles. The van der Waals surface area contributed by atoms with Crippen molar-refractivity contribution in [1.29, 1.82) is 0 Å². The minimum atomic E-state index is -0.387. The number of pyridine rings is 1. The van der Waals surface area contributed by atoms with Crippen LogP contribution in [0, 0.1) is 0 Å². The van der Waals surface area contributed by atoms with Crippen LogP contribution in [0.5, 0.6) is 0 Å². The highest BCUT2D eigenvalue weighted by Crippen LogP contribution is 2.44. The van der Waals surface area contributed by atoms with Crippen molar-refractivity contribution in [3.8, 4) is 0 Å². The predicted molar refractivity (Wildman–Crippen MR) is 95.6 cm³/mol. The first-order valence-electron chi connectivity index (χ1n) is 9.00. The lowest BCUT2D eigenvalue weighted by Gasteiger charge is -2.44. The summed E-state index contributed by atoms with van der Waals surface area (Å²) >= 11 is 0. The van der Waals surface area contributed by atoms with E-state index >= 15 is 0 Å². The normalized spacial score (nSPS) is 25.0. The number of hydrogen-bond acceptors (Lipinski definition) is 4. The van der Waals surface area contributed by atoms with Gasteiger partial charge in [0.1, 0.15) is 5.60 Å². The molecule has 3 aromatic rings. The maximum absolute atomic E-state index is 13.4. The molecule has 1 aromatic carbocycles. The number of ether oxygens (including phenoxy) is 1. The predicted octanol–water partition coefficient (Wildman–Crippen LogP) is 2.78. The SMILES string of the molecule is CC1CCC2(CN1C(=O)c1cccn3nncc13)OCc1ccccc12. The van der Waals surface area contributed by atoms with Gasteiger partial charge in [-0.3, -0.25) is 4.79 Å². The molecule has 6 nitrogen and oxygen atoms in total. The van der Waals surface area contributed by atoms with E-state index < -0.39 is 0 Å². The Labute approximate surface area is 151 Å². The van der Waals surface area contributed by atoms with Gasteiger partial charge in [0.2, 0.25) is 0 Å². The van der Waals surface area contributed by atoms with Crippen LogP contribution < -0.4 is 0 Å². The topological polar surface area (TPSA) is 59.7 Å². The third kappa shape index (κ3) is 2.18. The number of hydrogen-bond donors (Lipinski definition) is 0. The number of fused-ring (bicyclic) bond motifs is 3. The highest BCUT2D eigenvalue weighted by Gasteiger charge is 2.46. The minimum Gasteiger partial charge on any atom is -0.364 e. The van der Waals surface area contributed by atoms with E-state index in [1.165, 1.54) is 11.1 Å². The van der Waals surface area contributed by atoms with Gasteiger partial charge in [0, 0.05) is 12.2 Å². The minimum absolute atomic E-state index is 0.0115. The summed E-state index contributed by atoms with van der Waals surface area (Å²) in [5.41, 5.74) is 3.44. The van der Waals surface area contributed by atoms with Gasteiger partial charge in [-0.05, 0) is 43.0 Å². The molecular formula is C20H20N4O2. The Morgan fingerprint density at radius 2 is 2.15 bits per heavy atom. The van der Waals surface area contributed by atoms with Crippen LogP contribution in [0.2, 0.25) is 0 Å². The largest absolute Gasteiger partial charge is 0.364 e. The molecule has 2 aromatic heterocycles. The number of likely N-dealkylation sites (tertiary alicyclic amines) is 1. The fourth-order valence-corrected chi connectivity index (χ4v) is 4.29. The lowest BCUT2D eigenvalue weighted by molar-refractivity contribution is -0.0887. The van der Waals surface area contributed by atoms with Crippen LogP contribution in [-0.4, -0.2) is 38.2 Å². The van der Waals surface area contributed by atoms with Crippen LogP contribution in [-0.2, 0) is 16.9 Å². The molecule has 2 unspecified atom stereocenters. The van der Waals surface area contributed by atoms with Crippen molar-refractivity contribution in [2.45, 2.75) is 38.0 Å². The molecule has 2 atom stereocenters. The van der Waals surface area contributed by atoms with Gasteiger partial charge in [0.25, 0.3) is 5.91 Å². The Balaban J connectivity index is 1.53. The Morgan fingerprint density at radius 3 is 3.08 bits per heavy atom. The summed E-state index contributed by atoms with van der Waals surface area (Å²) in [4.78, 5) is 15.3. The summed E-state index contributed by atoms with van der Waals surface area (Å²) in [6.07, 6.45) is 5.30. The summed E-state index contributed by atoms with van der Waals surface area (Å²) in [5.74, 6) is 0.0115. The van der Waals surface area contributed by atoms with Crippen LogP contribution >= 0.6 is 0 Å². The van der Waals surface area contributed by atoms with E-state index in [2.05, 4.69) is 35.4 Å². The highest BCUT2D eigenvalue weighted by atomic mass is 16.5. The van der Waals surface area contributed by atoms with Crippen molar-refractivity contribution >= 4 is 11.4 Å². The van der Waals surface area contributed by atoms with Crippen LogP contribution in [0.15, 0.2) is 48.8 Å². The summed E-state index contributed by atoms with van der Waals surface area (Å²) in [7, 11) is 0. The van der Waals surface area contributed by atoms with Crippen LogP contribution in [0.3, 0.4) is 0 Å². The van der Waals surface area contributed by atoms with Crippen molar-refractivity contribution in [3.05, 3.63) is 65.5 Å². The quantitative estimate of drug-likeness (QED) is 0.678. The van der Waals surface area contributed by atoms with Gasteiger partial charge in [0.15, 0.2) is 0 Å². The Morgan fingerprint density at radius 1 is 1.27 bits per heavy atom. The molecule has 0 N–H and O–H groups in total. The molecule has 1 spiro atoms. The van der Waals surface area contributed by atoms with E-state index in [1.807, 2.05) is 23.1 Å². The second-order valence-corrected chi connectivity index (χ2v) is 7.25. The standard InChI is InChI=1S/C20H20N4O2/c1-14-8-9-20(17-7-3-2-5-15(17)12-26-20)13-23(14)19(25)16-6-4-10-24-18(16)11-21-22-24/h2-7,10-11,14H,8-9,12-13H2,1H3.